The van der Waals surface area contributed by atoms with E-state index in [9.17, 15) is 9.18 Å². The largest absolute Gasteiger partial charge is 0.362 e. The summed E-state index contributed by atoms with van der Waals surface area (Å²) in [6, 6.07) is 9.51. The highest BCUT2D eigenvalue weighted by Crippen LogP contribution is 2.18. The van der Waals surface area contributed by atoms with Crippen LogP contribution in [0, 0.1) is 5.82 Å². The number of amides is 1. The molecule has 0 saturated carbocycles. The van der Waals surface area contributed by atoms with E-state index < -0.39 is 0 Å². The molecular formula is C15H17FN4O. The first-order chi connectivity index (χ1) is 10.1. The van der Waals surface area contributed by atoms with E-state index in [-0.39, 0.29) is 23.5 Å². The molecule has 0 aliphatic heterocycles. The number of carbonyl (C=O) groups is 1. The molecule has 1 unspecified atom stereocenters. The quantitative estimate of drug-likeness (QED) is 0.887. The maximum absolute atomic E-state index is 13.2. The molecule has 5 nitrogen and oxygen atoms in total. The second-order valence-electron chi connectivity index (χ2n) is 4.58. The standard InChI is InChI=1S/C15H17FN4O/c1-3-17-15(21)13-7-8-14(20-19-13)18-10(2)11-5-4-6-12(16)9-11/h4-10H,3H2,1-2H3,(H,17,21)(H,18,20). The predicted molar refractivity (Wildman–Crippen MR) is 78.5 cm³/mol. The first-order valence-electron chi connectivity index (χ1n) is 6.74. The van der Waals surface area contributed by atoms with Gasteiger partial charge in [-0.15, -0.1) is 10.2 Å². The molecule has 1 aromatic heterocycles. The van der Waals surface area contributed by atoms with E-state index in [1.807, 2.05) is 19.9 Å². The smallest absolute Gasteiger partial charge is 0.271 e. The van der Waals surface area contributed by atoms with Gasteiger partial charge in [0.1, 0.15) is 11.6 Å². The third kappa shape index (κ3) is 3.98. The van der Waals surface area contributed by atoms with Crippen LogP contribution in [-0.2, 0) is 0 Å². The van der Waals surface area contributed by atoms with Crippen molar-refractivity contribution in [2.24, 2.45) is 0 Å². The Morgan fingerprint density at radius 3 is 2.71 bits per heavy atom. The molecule has 0 fully saturated rings. The number of hydrogen-bond acceptors (Lipinski definition) is 4. The van der Waals surface area contributed by atoms with Gasteiger partial charge < -0.3 is 10.6 Å². The number of anilines is 1. The molecule has 2 N–H and O–H groups in total. The fourth-order valence-corrected chi connectivity index (χ4v) is 1.86. The number of hydrogen-bond donors (Lipinski definition) is 2. The highest BCUT2D eigenvalue weighted by atomic mass is 19.1. The Bertz CT molecular complexity index is 615. The van der Waals surface area contributed by atoms with Crippen molar-refractivity contribution in [1.82, 2.24) is 15.5 Å². The van der Waals surface area contributed by atoms with Crippen molar-refractivity contribution in [3.05, 3.63) is 53.5 Å². The summed E-state index contributed by atoms with van der Waals surface area (Å²) in [6.07, 6.45) is 0. The zero-order chi connectivity index (χ0) is 15.2. The number of nitrogens with one attached hydrogen (secondary N) is 2. The van der Waals surface area contributed by atoms with Crippen LogP contribution >= 0.6 is 0 Å². The van der Waals surface area contributed by atoms with Gasteiger partial charge in [0.2, 0.25) is 0 Å². The Hall–Kier alpha value is -2.50. The summed E-state index contributed by atoms with van der Waals surface area (Å²) >= 11 is 0. The number of halogens is 1. The van der Waals surface area contributed by atoms with Crippen LogP contribution in [0.15, 0.2) is 36.4 Å². The summed E-state index contributed by atoms with van der Waals surface area (Å²) in [4.78, 5) is 11.6. The van der Waals surface area contributed by atoms with Gasteiger partial charge in [-0.3, -0.25) is 4.79 Å². The molecule has 1 aromatic carbocycles. The molecule has 2 aromatic rings. The number of rotatable bonds is 5. The molecule has 0 bridgehead atoms. The highest BCUT2D eigenvalue weighted by molar-refractivity contribution is 5.92. The van der Waals surface area contributed by atoms with Crippen molar-refractivity contribution in [2.75, 3.05) is 11.9 Å². The SMILES string of the molecule is CCNC(=O)c1ccc(NC(C)c2cccc(F)c2)nn1. The molecule has 21 heavy (non-hydrogen) atoms. The highest BCUT2D eigenvalue weighted by Gasteiger charge is 2.09. The molecule has 1 atom stereocenters. The molecule has 110 valence electrons. The number of carbonyl (C=O) groups excluding carboxylic acids is 1. The van der Waals surface area contributed by atoms with Gasteiger partial charge >= 0.3 is 0 Å². The molecule has 0 aliphatic carbocycles. The maximum atomic E-state index is 13.2. The fourth-order valence-electron chi connectivity index (χ4n) is 1.86. The van der Waals surface area contributed by atoms with Crippen LogP contribution in [0.4, 0.5) is 10.2 Å². The average Bonchev–Trinajstić information content (AvgIpc) is 2.48. The molecular weight excluding hydrogens is 271 g/mol. The topological polar surface area (TPSA) is 66.9 Å². The van der Waals surface area contributed by atoms with Crippen LogP contribution < -0.4 is 10.6 Å². The van der Waals surface area contributed by atoms with Crippen LogP contribution in [0.2, 0.25) is 0 Å². The minimum Gasteiger partial charge on any atom is -0.362 e. The molecule has 1 heterocycles. The molecule has 6 heteroatoms. The lowest BCUT2D eigenvalue weighted by atomic mass is 10.1. The number of aromatic nitrogens is 2. The number of nitrogens with zero attached hydrogens (tertiary/aromatic N) is 2. The van der Waals surface area contributed by atoms with E-state index in [0.717, 1.165) is 5.56 Å². The zero-order valence-electron chi connectivity index (χ0n) is 11.9. The molecule has 0 spiro atoms. The Balaban J connectivity index is 2.04. The minimum absolute atomic E-state index is 0.120. The zero-order valence-corrected chi connectivity index (χ0v) is 11.9. The van der Waals surface area contributed by atoms with Crippen molar-refractivity contribution in [3.8, 4) is 0 Å². The minimum atomic E-state index is -0.279. The lowest BCUT2D eigenvalue weighted by molar-refractivity contribution is 0.0950. The van der Waals surface area contributed by atoms with Crippen LogP contribution in [0.1, 0.15) is 35.9 Å². The predicted octanol–water partition coefficient (Wildman–Crippen LogP) is 2.54. The Morgan fingerprint density at radius 1 is 1.29 bits per heavy atom. The van der Waals surface area contributed by atoms with Gasteiger partial charge in [-0.2, -0.15) is 0 Å². The Labute approximate surface area is 122 Å². The Kier molecular flexibility index (Phi) is 4.81. The van der Waals surface area contributed by atoms with Crippen molar-refractivity contribution in [1.29, 1.82) is 0 Å². The maximum Gasteiger partial charge on any atom is 0.271 e. The van der Waals surface area contributed by atoms with Crippen molar-refractivity contribution >= 4 is 11.7 Å². The van der Waals surface area contributed by atoms with E-state index in [0.29, 0.717) is 12.4 Å². The lowest BCUT2D eigenvalue weighted by Crippen LogP contribution is -2.24. The van der Waals surface area contributed by atoms with Crippen LogP contribution in [-0.4, -0.2) is 22.6 Å². The summed E-state index contributed by atoms with van der Waals surface area (Å²) in [5.74, 6) is -0.00615. The third-order valence-electron chi connectivity index (χ3n) is 2.95. The van der Waals surface area contributed by atoms with E-state index >= 15 is 0 Å². The van der Waals surface area contributed by atoms with Gasteiger partial charge in [0.05, 0.1) is 6.04 Å². The summed E-state index contributed by atoms with van der Waals surface area (Å²) in [7, 11) is 0. The molecule has 0 radical (unpaired) electrons. The van der Waals surface area contributed by atoms with Gasteiger partial charge in [-0.1, -0.05) is 12.1 Å². The second kappa shape index (κ2) is 6.78. The average molecular weight is 288 g/mol. The van der Waals surface area contributed by atoms with Crippen molar-refractivity contribution in [2.45, 2.75) is 19.9 Å². The van der Waals surface area contributed by atoms with Gasteiger partial charge in [0.15, 0.2) is 5.69 Å². The van der Waals surface area contributed by atoms with Crippen molar-refractivity contribution < 1.29 is 9.18 Å². The van der Waals surface area contributed by atoms with Gasteiger partial charge in [0, 0.05) is 6.54 Å². The van der Waals surface area contributed by atoms with E-state index in [2.05, 4.69) is 20.8 Å². The van der Waals surface area contributed by atoms with Gasteiger partial charge in [-0.05, 0) is 43.7 Å². The second-order valence-corrected chi connectivity index (χ2v) is 4.58. The van der Waals surface area contributed by atoms with E-state index in [4.69, 9.17) is 0 Å². The van der Waals surface area contributed by atoms with Crippen LogP contribution in [0.25, 0.3) is 0 Å². The third-order valence-corrected chi connectivity index (χ3v) is 2.95. The van der Waals surface area contributed by atoms with Crippen molar-refractivity contribution in [3.63, 3.8) is 0 Å². The molecule has 0 aliphatic rings. The summed E-state index contributed by atoms with van der Waals surface area (Å²) < 4.78 is 13.2. The normalized spacial score (nSPS) is 11.8. The first kappa shape index (κ1) is 14.9. The van der Waals surface area contributed by atoms with Crippen LogP contribution in [0.3, 0.4) is 0 Å². The van der Waals surface area contributed by atoms with E-state index in [1.54, 1.807) is 18.2 Å². The molecule has 2 rings (SSSR count). The monoisotopic (exact) mass is 288 g/mol. The fraction of sp³-hybridized carbons (Fsp3) is 0.267. The van der Waals surface area contributed by atoms with E-state index in [1.165, 1.54) is 12.1 Å². The molecule has 0 saturated heterocycles. The summed E-state index contributed by atoms with van der Waals surface area (Å²) in [5, 5.41) is 13.6. The Morgan fingerprint density at radius 2 is 2.10 bits per heavy atom. The number of benzene rings is 1. The first-order valence-corrected chi connectivity index (χ1v) is 6.74. The van der Waals surface area contributed by atoms with Crippen LogP contribution in [0.5, 0.6) is 0 Å². The lowest BCUT2D eigenvalue weighted by Gasteiger charge is -2.14. The summed E-state index contributed by atoms with van der Waals surface area (Å²) in [5.41, 5.74) is 1.07. The molecule has 1 amide bonds. The van der Waals surface area contributed by atoms with Gasteiger partial charge in [0.25, 0.3) is 5.91 Å². The summed E-state index contributed by atoms with van der Waals surface area (Å²) in [6.45, 7) is 4.27. The van der Waals surface area contributed by atoms with Gasteiger partial charge in [-0.25, -0.2) is 4.39 Å².